The van der Waals surface area contributed by atoms with Gasteiger partial charge in [-0.05, 0) is 0 Å². The number of thioether (sulfide) groups is 1. The molecular weight excluding hydrogens is 256 g/mol. The lowest BCUT2D eigenvalue weighted by Gasteiger charge is -2.01. The van der Waals surface area contributed by atoms with Gasteiger partial charge in [0.1, 0.15) is 9.81 Å². The zero-order valence-electron chi connectivity index (χ0n) is 7.98. The van der Waals surface area contributed by atoms with Crippen LogP contribution >= 0.6 is 11.8 Å². The number of carboxylic acid groups (broad SMARTS) is 4. The van der Waals surface area contributed by atoms with Crippen LogP contribution in [0.2, 0.25) is 0 Å². The normalized spacial score (nSPS) is 12.0. The van der Waals surface area contributed by atoms with E-state index in [-0.39, 0.29) is 23.9 Å². The predicted molar refractivity (Wildman–Crippen MR) is 54.3 cm³/mol. The van der Waals surface area contributed by atoms with Crippen LogP contribution in [-0.2, 0) is 19.2 Å². The summed E-state index contributed by atoms with van der Waals surface area (Å²) in [5.41, 5.74) is 0. The maximum atomic E-state index is 10.6. The fourth-order valence-corrected chi connectivity index (χ4v) is 1.34. The molecule has 0 aliphatic heterocycles. The summed E-state index contributed by atoms with van der Waals surface area (Å²) in [5.74, 6) is -6.52. The predicted octanol–water partition coefficient (Wildman–Crippen LogP) is -0.174. The Hall–Kier alpha value is -2.29. The topological polar surface area (TPSA) is 149 Å². The summed E-state index contributed by atoms with van der Waals surface area (Å²) >= 11 is 0.0242. The molecule has 0 saturated carbocycles. The van der Waals surface area contributed by atoms with Gasteiger partial charge in [0.2, 0.25) is 0 Å². The van der Waals surface area contributed by atoms with Crippen molar-refractivity contribution >= 4 is 35.6 Å². The van der Waals surface area contributed by atoms with Crippen LogP contribution in [0.5, 0.6) is 0 Å². The summed E-state index contributed by atoms with van der Waals surface area (Å²) in [7, 11) is 0. The summed E-state index contributed by atoms with van der Waals surface area (Å²) in [6.07, 6.45) is 0.539. The zero-order chi connectivity index (χ0) is 13.6. The largest absolute Gasteiger partial charge is 0.478 e. The van der Waals surface area contributed by atoms with E-state index in [9.17, 15) is 19.2 Å². The van der Waals surface area contributed by atoms with Gasteiger partial charge < -0.3 is 20.4 Å². The van der Waals surface area contributed by atoms with E-state index in [1.54, 1.807) is 0 Å². The van der Waals surface area contributed by atoms with E-state index in [0.29, 0.717) is 0 Å². The number of aliphatic carboxylic acids is 4. The Bertz CT molecular complexity index is 393. The second-order valence-corrected chi connectivity index (χ2v) is 3.49. The van der Waals surface area contributed by atoms with E-state index >= 15 is 0 Å². The highest BCUT2D eigenvalue weighted by Gasteiger charge is 2.18. The van der Waals surface area contributed by atoms with Gasteiger partial charge in [0, 0.05) is 12.2 Å². The Morgan fingerprint density at radius 1 is 0.706 bits per heavy atom. The molecule has 0 rings (SSSR count). The highest BCUT2D eigenvalue weighted by molar-refractivity contribution is 8.08. The average molecular weight is 262 g/mol. The van der Waals surface area contributed by atoms with Gasteiger partial charge in [0.15, 0.2) is 0 Å². The third-order valence-corrected chi connectivity index (χ3v) is 2.18. The van der Waals surface area contributed by atoms with Gasteiger partial charge >= 0.3 is 23.9 Å². The van der Waals surface area contributed by atoms with Crippen molar-refractivity contribution in [2.45, 2.75) is 0 Å². The van der Waals surface area contributed by atoms with Crippen LogP contribution in [0.25, 0.3) is 0 Å². The first-order valence-corrected chi connectivity index (χ1v) is 4.59. The number of carbonyl (C=O) groups is 4. The van der Waals surface area contributed by atoms with E-state index < -0.39 is 33.7 Å². The zero-order valence-corrected chi connectivity index (χ0v) is 8.80. The molecule has 0 atom stereocenters. The van der Waals surface area contributed by atoms with Crippen LogP contribution in [0, 0.1) is 0 Å². The molecule has 0 bridgehead atoms. The van der Waals surface area contributed by atoms with Gasteiger partial charge in [-0.1, -0.05) is 11.8 Å². The second kappa shape index (κ2) is 6.33. The van der Waals surface area contributed by atoms with E-state index in [1.807, 2.05) is 0 Å². The molecule has 4 N–H and O–H groups in total. The van der Waals surface area contributed by atoms with Gasteiger partial charge in [-0.15, -0.1) is 0 Å². The van der Waals surface area contributed by atoms with E-state index in [4.69, 9.17) is 20.4 Å². The van der Waals surface area contributed by atoms with Crippen LogP contribution < -0.4 is 0 Å². The minimum Gasteiger partial charge on any atom is -0.478 e. The highest BCUT2D eigenvalue weighted by atomic mass is 32.2. The molecule has 0 aromatic heterocycles. The molecule has 0 amide bonds. The molecular formula is C8H6O8S. The molecule has 0 saturated heterocycles. The van der Waals surface area contributed by atoms with E-state index in [2.05, 4.69) is 0 Å². The number of hydrogen-bond donors (Lipinski definition) is 4. The molecule has 8 nitrogen and oxygen atoms in total. The van der Waals surface area contributed by atoms with Crippen LogP contribution in [0.4, 0.5) is 0 Å². The molecule has 0 fully saturated rings. The Balaban J connectivity index is 5.22. The number of carboxylic acids is 4. The fraction of sp³-hybridized carbons (Fsp3) is 0. The minimum absolute atomic E-state index is 0.0242. The summed E-state index contributed by atoms with van der Waals surface area (Å²) < 4.78 is 0. The fourth-order valence-electron chi connectivity index (χ4n) is 0.612. The smallest absolute Gasteiger partial charge is 0.342 e. The van der Waals surface area contributed by atoms with Crippen molar-refractivity contribution in [2.24, 2.45) is 0 Å². The maximum Gasteiger partial charge on any atom is 0.342 e. The third kappa shape index (κ3) is 5.99. The van der Waals surface area contributed by atoms with Crippen molar-refractivity contribution in [1.82, 2.24) is 0 Å². The standard InChI is InChI=1S/C8H6O8S/c9-5(10)1-3(7(13)14)17-4(8(15)16)2-6(11)12/h1-2H,(H,9,10)(H,11,12)(H,13,14)(H,15,16)/b3-1-,4-2-. The van der Waals surface area contributed by atoms with Crippen molar-refractivity contribution in [2.75, 3.05) is 0 Å². The molecule has 0 aliphatic carbocycles. The van der Waals surface area contributed by atoms with Gasteiger partial charge in [0.25, 0.3) is 0 Å². The summed E-state index contributed by atoms with van der Waals surface area (Å²) in [4.78, 5) is 40.0. The van der Waals surface area contributed by atoms with Crippen molar-refractivity contribution in [1.29, 1.82) is 0 Å². The SMILES string of the molecule is O=C(O)/C=C(\S/C(=C\C(=O)O)C(=O)O)C(=O)O. The first-order valence-electron chi connectivity index (χ1n) is 3.77. The Morgan fingerprint density at radius 3 is 1.18 bits per heavy atom. The molecule has 0 heterocycles. The number of rotatable bonds is 6. The van der Waals surface area contributed by atoms with Crippen LogP contribution in [-0.4, -0.2) is 44.3 Å². The molecule has 9 heteroatoms. The summed E-state index contributed by atoms with van der Waals surface area (Å²) in [5, 5.41) is 33.8. The van der Waals surface area contributed by atoms with Crippen molar-refractivity contribution in [3.63, 3.8) is 0 Å². The molecule has 0 aromatic carbocycles. The molecule has 0 unspecified atom stereocenters. The monoisotopic (exact) mass is 262 g/mol. The van der Waals surface area contributed by atoms with Crippen molar-refractivity contribution in [3.8, 4) is 0 Å². The molecule has 17 heavy (non-hydrogen) atoms. The van der Waals surface area contributed by atoms with Gasteiger partial charge in [-0.3, -0.25) is 0 Å². The highest BCUT2D eigenvalue weighted by Crippen LogP contribution is 2.25. The second-order valence-electron chi connectivity index (χ2n) is 2.41. The first kappa shape index (κ1) is 14.7. The number of hydrogen-bond acceptors (Lipinski definition) is 5. The molecule has 0 radical (unpaired) electrons. The lowest BCUT2D eigenvalue weighted by Crippen LogP contribution is -2.06. The molecule has 92 valence electrons. The maximum absolute atomic E-state index is 10.6. The van der Waals surface area contributed by atoms with E-state index in [0.717, 1.165) is 0 Å². The molecule has 0 spiro atoms. The summed E-state index contributed by atoms with van der Waals surface area (Å²) in [6.45, 7) is 0. The quantitative estimate of drug-likeness (QED) is 0.478. The van der Waals surface area contributed by atoms with Crippen LogP contribution in [0.15, 0.2) is 22.0 Å². The third-order valence-electron chi connectivity index (χ3n) is 1.15. The minimum atomic E-state index is -1.67. The van der Waals surface area contributed by atoms with Gasteiger partial charge in [0.05, 0.1) is 0 Å². The summed E-state index contributed by atoms with van der Waals surface area (Å²) in [6, 6.07) is 0. The average Bonchev–Trinajstić information content (AvgIpc) is 2.13. The van der Waals surface area contributed by atoms with Gasteiger partial charge in [-0.25, -0.2) is 19.2 Å². The van der Waals surface area contributed by atoms with E-state index in [1.165, 1.54) is 0 Å². The lowest BCUT2D eigenvalue weighted by atomic mass is 10.5. The van der Waals surface area contributed by atoms with Crippen LogP contribution in [0.1, 0.15) is 0 Å². The van der Waals surface area contributed by atoms with Crippen LogP contribution in [0.3, 0.4) is 0 Å². The lowest BCUT2D eigenvalue weighted by molar-refractivity contribution is -0.134. The van der Waals surface area contributed by atoms with Crippen molar-refractivity contribution < 1.29 is 39.6 Å². The molecule has 0 aliphatic rings. The Kier molecular flexibility index (Phi) is 5.47. The Labute approximate surface area is 97.9 Å². The molecule has 0 aromatic rings. The first-order chi connectivity index (χ1) is 7.73. The Morgan fingerprint density at radius 2 is 1.00 bits per heavy atom. The van der Waals surface area contributed by atoms with Crippen molar-refractivity contribution in [3.05, 3.63) is 22.0 Å². The van der Waals surface area contributed by atoms with Gasteiger partial charge in [-0.2, -0.15) is 0 Å².